The summed E-state index contributed by atoms with van der Waals surface area (Å²) in [6.07, 6.45) is 1.53. The normalized spacial score (nSPS) is 37.5. The van der Waals surface area contributed by atoms with E-state index in [1.165, 1.54) is 6.21 Å². The second-order valence-corrected chi connectivity index (χ2v) is 9.34. The number of hydrogen-bond donors (Lipinski definition) is 0. The Labute approximate surface area is 186 Å². The number of alkyl halides is 3. The van der Waals surface area contributed by atoms with Crippen LogP contribution in [0.1, 0.15) is 33.1 Å². The predicted octanol–water partition coefficient (Wildman–Crippen LogP) is 2.87. The Morgan fingerprint density at radius 1 is 1.22 bits per heavy atom. The summed E-state index contributed by atoms with van der Waals surface area (Å²) >= 11 is 0. The number of methoxy groups -OCH3 is 2. The predicted molar refractivity (Wildman–Crippen MR) is 113 cm³/mol. The highest BCUT2D eigenvalue weighted by Gasteiger charge is 2.52. The maximum atomic E-state index is 13.3. The second-order valence-electron chi connectivity index (χ2n) is 9.34. The molecular formula is C22H31F3N4O3. The lowest BCUT2D eigenvalue weighted by atomic mass is 9.75. The number of carbonyl (C=O) groups is 1. The number of aliphatic imine (C=N–C) groups is 1. The third-order valence-electron chi connectivity index (χ3n) is 7.18. The minimum Gasteiger partial charge on any atom is -0.501 e. The molecule has 178 valence electrons. The van der Waals surface area contributed by atoms with Crippen molar-refractivity contribution in [2.24, 2.45) is 27.8 Å². The summed E-state index contributed by atoms with van der Waals surface area (Å²) in [5, 5.41) is 4.88. The molecule has 1 saturated heterocycles. The van der Waals surface area contributed by atoms with Crippen molar-refractivity contribution in [3.8, 4) is 0 Å². The van der Waals surface area contributed by atoms with Gasteiger partial charge in [0.15, 0.2) is 0 Å². The van der Waals surface area contributed by atoms with E-state index in [4.69, 9.17) is 14.5 Å². The molecule has 7 nitrogen and oxygen atoms in total. The fourth-order valence-corrected chi connectivity index (χ4v) is 5.66. The SMILES string of the molecule is COC1=CC(OC)CC(C2CC(C)C3C(=O)N(C4C=NN(CC(F)(F)F)C4)[C@H](C)C3=N2)C1. The van der Waals surface area contributed by atoms with Crippen LogP contribution in [0.25, 0.3) is 0 Å². The number of allylic oxidation sites excluding steroid dienone is 1. The molecule has 0 spiro atoms. The van der Waals surface area contributed by atoms with Gasteiger partial charge in [0.2, 0.25) is 5.91 Å². The van der Waals surface area contributed by atoms with Crippen LogP contribution in [0, 0.1) is 17.8 Å². The lowest BCUT2D eigenvalue weighted by molar-refractivity contribution is -0.146. The fourth-order valence-electron chi connectivity index (χ4n) is 5.66. The van der Waals surface area contributed by atoms with Gasteiger partial charge in [0.1, 0.15) is 6.54 Å². The molecule has 1 amide bonds. The Kier molecular flexibility index (Phi) is 6.26. The maximum Gasteiger partial charge on any atom is 0.407 e. The van der Waals surface area contributed by atoms with E-state index in [1.807, 2.05) is 13.0 Å². The number of carbonyl (C=O) groups excluding carboxylic acids is 1. The lowest BCUT2D eigenvalue weighted by Gasteiger charge is -2.36. The van der Waals surface area contributed by atoms with Crippen molar-refractivity contribution in [1.29, 1.82) is 0 Å². The molecular weight excluding hydrogens is 425 g/mol. The molecule has 10 heteroatoms. The van der Waals surface area contributed by atoms with Gasteiger partial charge in [-0.2, -0.15) is 18.3 Å². The van der Waals surface area contributed by atoms with Crippen molar-refractivity contribution in [3.05, 3.63) is 11.8 Å². The summed E-state index contributed by atoms with van der Waals surface area (Å²) in [7, 11) is 3.34. The fraction of sp³-hybridized carbons (Fsp3) is 0.773. The van der Waals surface area contributed by atoms with Crippen molar-refractivity contribution < 1.29 is 27.4 Å². The highest BCUT2D eigenvalue weighted by molar-refractivity contribution is 6.14. The molecule has 0 aromatic carbocycles. The van der Waals surface area contributed by atoms with Crippen LogP contribution >= 0.6 is 0 Å². The molecule has 0 aromatic rings. The average molecular weight is 457 g/mol. The highest BCUT2D eigenvalue weighted by Crippen LogP contribution is 2.41. The van der Waals surface area contributed by atoms with Crippen LogP contribution in [0.3, 0.4) is 0 Å². The zero-order valence-corrected chi connectivity index (χ0v) is 18.9. The number of rotatable bonds is 5. The van der Waals surface area contributed by atoms with E-state index in [9.17, 15) is 18.0 Å². The van der Waals surface area contributed by atoms with Crippen LogP contribution in [-0.4, -0.2) is 85.5 Å². The van der Waals surface area contributed by atoms with Gasteiger partial charge < -0.3 is 14.4 Å². The third-order valence-corrected chi connectivity index (χ3v) is 7.18. The number of likely N-dealkylation sites (tertiary alicyclic amines) is 1. The average Bonchev–Trinajstić information content (AvgIpc) is 3.28. The Balaban J connectivity index is 1.52. The summed E-state index contributed by atoms with van der Waals surface area (Å²) < 4.78 is 49.3. The van der Waals surface area contributed by atoms with Crippen molar-refractivity contribution in [2.45, 2.75) is 63.5 Å². The molecule has 4 rings (SSSR count). The molecule has 3 heterocycles. The first-order chi connectivity index (χ1) is 15.1. The smallest absolute Gasteiger partial charge is 0.407 e. The van der Waals surface area contributed by atoms with E-state index >= 15 is 0 Å². The first-order valence-corrected chi connectivity index (χ1v) is 11.1. The Bertz CT molecular complexity index is 828. The van der Waals surface area contributed by atoms with Crippen LogP contribution in [-0.2, 0) is 14.3 Å². The van der Waals surface area contributed by atoms with Gasteiger partial charge in [-0.25, -0.2) is 0 Å². The molecule has 0 N–H and O–H groups in total. The second kappa shape index (κ2) is 8.68. The zero-order chi connectivity index (χ0) is 23.2. The van der Waals surface area contributed by atoms with Crippen molar-refractivity contribution in [2.75, 3.05) is 27.3 Å². The van der Waals surface area contributed by atoms with Crippen molar-refractivity contribution in [1.82, 2.24) is 9.91 Å². The number of amides is 1. The zero-order valence-electron chi connectivity index (χ0n) is 18.9. The number of fused-ring (bicyclic) bond motifs is 1. The topological polar surface area (TPSA) is 66.7 Å². The minimum absolute atomic E-state index is 0.0228. The highest BCUT2D eigenvalue weighted by atomic mass is 19.4. The van der Waals surface area contributed by atoms with Gasteiger partial charge in [0, 0.05) is 25.5 Å². The van der Waals surface area contributed by atoms with Gasteiger partial charge in [-0.3, -0.25) is 14.8 Å². The maximum absolute atomic E-state index is 13.3. The van der Waals surface area contributed by atoms with E-state index < -0.39 is 18.8 Å². The Morgan fingerprint density at radius 3 is 2.62 bits per heavy atom. The molecule has 3 aliphatic heterocycles. The number of ether oxygens (including phenoxy) is 2. The van der Waals surface area contributed by atoms with Crippen molar-refractivity contribution in [3.63, 3.8) is 0 Å². The molecule has 1 fully saturated rings. The van der Waals surface area contributed by atoms with E-state index in [0.717, 1.165) is 35.7 Å². The molecule has 4 aliphatic rings. The molecule has 7 atom stereocenters. The van der Waals surface area contributed by atoms with Gasteiger partial charge in [-0.1, -0.05) is 6.92 Å². The number of halogens is 3. The standard InChI is InChI=1S/C22H31F3N4O3/c1-12-5-18(14-6-16(31-3)8-17(7-14)32-4)27-20-13(2)29(21(30)19(12)20)15-9-26-28(10-15)11-22(23,24)25/h8-9,12-16,18-19H,5-7,10-11H2,1-4H3/t12?,13-,14?,15?,16?,18?,19?/m1/s1. The minimum atomic E-state index is -4.33. The van der Waals surface area contributed by atoms with Crippen LogP contribution in [0.4, 0.5) is 13.2 Å². The van der Waals surface area contributed by atoms with Crippen LogP contribution < -0.4 is 0 Å². The molecule has 6 unspecified atom stereocenters. The summed E-state index contributed by atoms with van der Waals surface area (Å²) in [6, 6.07) is -0.685. The monoisotopic (exact) mass is 456 g/mol. The summed E-state index contributed by atoms with van der Waals surface area (Å²) in [5.41, 5.74) is 0.851. The Hall–Kier alpha value is -2.10. The van der Waals surface area contributed by atoms with E-state index in [1.54, 1.807) is 19.1 Å². The molecule has 0 radical (unpaired) electrons. The number of nitrogens with zero attached hydrogens (tertiary/aromatic N) is 4. The molecule has 1 aliphatic carbocycles. The first-order valence-electron chi connectivity index (χ1n) is 11.1. The summed E-state index contributed by atoms with van der Waals surface area (Å²) in [4.78, 5) is 20.1. The van der Waals surface area contributed by atoms with Gasteiger partial charge in [0.25, 0.3) is 0 Å². The lowest BCUT2D eigenvalue weighted by Crippen LogP contribution is -2.46. The summed E-state index contributed by atoms with van der Waals surface area (Å²) in [6.45, 7) is 2.93. The largest absolute Gasteiger partial charge is 0.501 e. The molecule has 0 saturated carbocycles. The molecule has 0 bridgehead atoms. The number of hydrazone groups is 1. The molecule has 0 aromatic heterocycles. The van der Waals surface area contributed by atoms with Crippen molar-refractivity contribution >= 4 is 17.8 Å². The third kappa shape index (κ3) is 4.38. The van der Waals surface area contributed by atoms with E-state index in [2.05, 4.69) is 12.0 Å². The van der Waals surface area contributed by atoms with Gasteiger partial charge in [0.05, 0.1) is 49.6 Å². The molecule has 32 heavy (non-hydrogen) atoms. The number of hydrogen-bond acceptors (Lipinski definition) is 6. The van der Waals surface area contributed by atoms with E-state index in [0.29, 0.717) is 0 Å². The van der Waals surface area contributed by atoms with Crippen LogP contribution in [0.15, 0.2) is 21.9 Å². The van der Waals surface area contributed by atoms with E-state index in [-0.39, 0.29) is 48.4 Å². The summed E-state index contributed by atoms with van der Waals surface area (Å²) in [5.74, 6) is 0.888. The van der Waals surface area contributed by atoms with Crippen LogP contribution in [0.5, 0.6) is 0 Å². The van der Waals surface area contributed by atoms with Gasteiger partial charge >= 0.3 is 6.18 Å². The Morgan fingerprint density at radius 2 is 1.97 bits per heavy atom. The van der Waals surface area contributed by atoms with Crippen LogP contribution in [0.2, 0.25) is 0 Å². The van der Waals surface area contributed by atoms with Gasteiger partial charge in [-0.05, 0) is 37.7 Å². The van der Waals surface area contributed by atoms with Gasteiger partial charge in [-0.15, -0.1) is 0 Å². The quantitative estimate of drug-likeness (QED) is 0.638. The first kappa shape index (κ1) is 23.1.